The van der Waals surface area contributed by atoms with Crippen molar-refractivity contribution >= 4 is 46.4 Å². The Morgan fingerprint density at radius 1 is 0.833 bits per heavy atom. The lowest BCUT2D eigenvalue weighted by molar-refractivity contribution is 0.0997. The van der Waals surface area contributed by atoms with E-state index in [2.05, 4.69) is 5.32 Å². The highest BCUT2D eigenvalue weighted by Crippen LogP contribution is 2.32. The minimum absolute atomic E-state index is 0.134. The summed E-state index contributed by atoms with van der Waals surface area (Å²) >= 11 is 18.3. The van der Waals surface area contributed by atoms with Crippen molar-refractivity contribution in [2.45, 2.75) is 6.61 Å². The van der Waals surface area contributed by atoms with E-state index < -0.39 is 5.91 Å². The molecule has 0 bridgehead atoms. The van der Waals surface area contributed by atoms with Gasteiger partial charge in [-0.05, 0) is 60.7 Å². The second-order valence-corrected chi connectivity index (χ2v) is 7.59. The molecule has 0 aliphatic carbocycles. The van der Waals surface area contributed by atoms with Crippen molar-refractivity contribution in [2.24, 2.45) is 0 Å². The fraction of sp³-hybridized carbons (Fsp3) is 0.0455. The van der Waals surface area contributed by atoms with Crippen LogP contribution < -0.4 is 5.32 Å². The Morgan fingerprint density at radius 3 is 2.33 bits per heavy atom. The van der Waals surface area contributed by atoms with E-state index in [1.165, 1.54) is 0 Å². The normalized spacial score (nSPS) is 10.9. The molecule has 0 aliphatic heterocycles. The third-order valence-corrected chi connectivity index (χ3v) is 5.40. The zero-order valence-electron chi connectivity index (χ0n) is 15.3. The molecule has 0 fully saturated rings. The fourth-order valence-electron chi connectivity index (χ4n) is 2.86. The Bertz CT molecular complexity index is 1230. The van der Waals surface area contributed by atoms with Crippen LogP contribution in [0.2, 0.25) is 15.1 Å². The van der Waals surface area contributed by atoms with E-state index in [0.29, 0.717) is 49.2 Å². The first-order chi connectivity index (χ1) is 14.4. The van der Waals surface area contributed by atoms with E-state index >= 15 is 0 Å². The standard InChI is InChI=1S/C22H14Cl3NO4/c23-16-5-1-12(9-18(16)25)19-7-8-21(30-19)22(28)26-13-2-4-15(17(24)10-13)20-6-3-14(11-27)29-20/h1-10,27H,11H2,(H,26,28). The van der Waals surface area contributed by atoms with Crippen LogP contribution in [0.25, 0.3) is 22.6 Å². The summed E-state index contributed by atoms with van der Waals surface area (Å²) in [5, 5.41) is 13.1. The second kappa shape index (κ2) is 8.58. The molecule has 1 amide bonds. The number of aliphatic hydroxyl groups excluding tert-OH is 1. The third kappa shape index (κ3) is 4.25. The summed E-state index contributed by atoms with van der Waals surface area (Å²) in [7, 11) is 0. The number of nitrogens with one attached hydrogen (secondary N) is 1. The SMILES string of the molecule is O=C(Nc1ccc(-c2ccc(CO)o2)c(Cl)c1)c1ccc(-c2ccc(Cl)c(Cl)c2)o1. The summed E-state index contributed by atoms with van der Waals surface area (Å²) in [6.07, 6.45) is 0. The first-order valence-corrected chi connectivity index (χ1v) is 9.94. The van der Waals surface area contributed by atoms with Gasteiger partial charge < -0.3 is 19.3 Å². The zero-order chi connectivity index (χ0) is 21.3. The number of aliphatic hydroxyl groups is 1. The number of anilines is 1. The van der Waals surface area contributed by atoms with Gasteiger partial charge in [0, 0.05) is 16.8 Å². The average molecular weight is 463 g/mol. The Hall–Kier alpha value is -2.70. The highest BCUT2D eigenvalue weighted by atomic mass is 35.5. The summed E-state index contributed by atoms with van der Waals surface area (Å²) in [5.74, 6) is 1.17. The molecule has 0 radical (unpaired) electrons. The lowest BCUT2D eigenvalue weighted by Crippen LogP contribution is -2.10. The first kappa shape index (κ1) is 20.6. The first-order valence-electron chi connectivity index (χ1n) is 8.80. The minimum Gasteiger partial charge on any atom is -0.459 e. The molecule has 2 aromatic heterocycles. The quantitative estimate of drug-likeness (QED) is 0.338. The summed E-state index contributed by atoms with van der Waals surface area (Å²) in [6.45, 7) is -0.195. The molecule has 2 aromatic carbocycles. The van der Waals surface area contributed by atoms with Crippen molar-refractivity contribution in [3.63, 3.8) is 0 Å². The Balaban J connectivity index is 1.51. The van der Waals surface area contributed by atoms with Gasteiger partial charge in [-0.25, -0.2) is 0 Å². The highest BCUT2D eigenvalue weighted by Gasteiger charge is 2.15. The van der Waals surface area contributed by atoms with Crippen LogP contribution in [0, 0.1) is 0 Å². The largest absolute Gasteiger partial charge is 0.459 e. The van der Waals surface area contributed by atoms with Gasteiger partial charge >= 0.3 is 0 Å². The van der Waals surface area contributed by atoms with Gasteiger partial charge in [-0.15, -0.1) is 0 Å². The van der Waals surface area contributed by atoms with E-state index in [9.17, 15) is 4.79 Å². The van der Waals surface area contributed by atoms with E-state index in [1.807, 2.05) is 0 Å². The third-order valence-electron chi connectivity index (χ3n) is 4.34. The van der Waals surface area contributed by atoms with Gasteiger partial charge in [-0.1, -0.05) is 34.8 Å². The molecule has 0 saturated carbocycles. The van der Waals surface area contributed by atoms with Crippen molar-refractivity contribution < 1.29 is 18.7 Å². The molecule has 2 heterocycles. The molecule has 0 aliphatic rings. The molecule has 152 valence electrons. The number of amides is 1. The number of hydrogen-bond donors (Lipinski definition) is 2. The molecule has 0 saturated heterocycles. The van der Waals surface area contributed by atoms with Crippen LogP contribution in [0.4, 0.5) is 5.69 Å². The lowest BCUT2D eigenvalue weighted by Gasteiger charge is -2.07. The number of carbonyl (C=O) groups excluding carboxylic acids is 1. The Labute approximate surface area is 186 Å². The summed E-state index contributed by atoms with van der Waals surface area (Å²) in [6, 6.07) is 16.8. The molecular formula is C22H14Cl3NO4. The minimum atomic E-state index is -0.425. The number of hydrogen-bond acceptors (Lipinski definition) is 4. The van der Waals surface area contributed by atoms with Gasteiger partial charge in [0.15, 0.2) is 5.76 Å². The van der Waals surface area contributed by atoms with Gasteiger partial charge in [0.25, 0.3) is 5.91 Å². The molecule has 0 spiro atoms. The maximum absolute atomic E-state index is 12.5. The fourth-order valence-corrected chi connectivity index (χ4v) is 3.43. The maximum atomic E-state index is 12.5. The van der Waals surface area contributed by atoms with Crippen molar-refractivity contribution in [1.29, 1.82) is 0 Å². The summed E-state index contributed by atoms with van der Waals surface area (Å²) < 4.78 is 11.1. The smallest absolute Gasteiger partial charge is 0.291 e. The highest BCUT2D eigenvalue weighted by molar-refractivity contribution is 6.42. The Kier molecular flexibility index (Phi) is 5.88. The predicted molar refractivity (Wildman–Crippen MR) is 117 cm³/mol. The molecule has 0 unspecified atom stereocenters. The molecule has 4 rings (SSSR count). The average Bonchev–Trinajstić information content (AvgIpc) is 3.40. The van der Waals surface area contributed by atoms with Crippen LogP contribution in [0.1, 0.15) is 16.3 Å². The summed E-state index contributed by atoms with van der Waals surface area (Å²) in [5.41, 5.74) is 1.85. The molecule has 8 heteroatoms. The van der Waals surface area contributed by atoms with Gasteiger partial charge in [0.2, 0.25) is 0 Å². The van der Waals surface area contributed by atoms with Crippen LogP contribution in [0.3, 0.4) is 0 Å². The van der Waals surface area contributed by atoms with Crippen LogP contribution in [-0.2, 0) is 6.61 Å². The molecule has 5 nitrogen and oxygen atoms in total. The van der Waals surface area contributed by atoms with Gasteiger partial charge in [-0.2, -0.15) is 0 Å². The number of furan rings is 2. The lowest BCUT2D eigenvalue weighted by atomic mass is 10.1. The van der Waals surface area contributed by atoms with Crippen LogP contribution in [0.5, 0.6) is 0 Å². The number of benzene rings is 2. The molecule has 30 heavy (non-hydrogen) atoms. The topological polar surface area (TPSA) is 75.6 Å². The number of halogens is 3. The maximum Gasteiger partial charge on any atom is 0.291 e. The van der Waals surface area contributed by atoms with Crippen LogP contribution in [0.15, 0.2) is 69.5 Å². The molecule has 2 N–H and O–H groups in total. The monoisotopic (exact) mass is 461 g/mol. The van der Waals surface area contributed by atoms with E-state index in [1.54, 1.807) is 60.7 Å². The van der Waals surface area contributed by atoms with Crippen LogP contribution >= 0.6 is 34.8 Å². The van der Waals surface area contributed by atoms with Crippen molar-refractivity contribution in [1.82, 2.24) is 0 Å². The molecular weight excluding hydrogens is 449 g/mol. The van der Waals surface area contributed by atoms with Crippen LogP contribution in [-0.4, -0.2) is 11.0 Å². The van der Waals surface area contributed by atoms with E-state index in [-0.39, 0.29) is 12.4 Å². The van der Waals surface area contributed by atoms with Gasteiger partial charge in [0.1, 0.15) is 23.9 Å². The number of carbonyl (C=O) groups is 1. The van der Waals surface area contributed by atoms with E-state index in [0.717, 1.165) is 0 Å². The van der Waals surface area contributed by atoms with Gasteiger partial charge in [-0.3, -0.25) is 4.79 Å². The van der Waals surface area contributed by atoms with Crippen molar-refractivity contribution in [3.8, 4) is 22.6 Å². The van der Waals surface area contributed by atoms with Crippen molar-refractivity contribution in [3.05, 3.63) is 87.3 Å². The zero-order valence-corrected chi connectivity index (χ0v) is 17.6. The predicted octanol–water partition coefficient (Wildman–Crippen LogP) is 6.91. The van der Waals surface area contributed by atoms with E-state index in [4.69, 9.17) is 48.7 Å². The van der Waals surface area contributed by atoms with Gasteiger partial charge in [0.05, 0.1) is 15.1 Å². The molecule has 4 aromatic rings. The van der Waals surface area contributed by atoms with Crippen molar-refractivity contribution in [2.75, 3.05) is 5.32 Å². The Morgan fingerprint density at radius 2 is 1.63 bits per heavy atom. The molecule has 0 atom stereocenters. The summed E-state index contributed by atoms with van der Waals surface area (Å²) in [4.78, 5) is 12.5. The second-order valence-electron chi connectivity index (χ2n) is 6.37. The number of rotatable bonds is 5.